The molecule has 2 aromatic carbocycles. The van der Waals surface area contributed by atoms with Crippen LogP contribution in [-0.2, 0) is 24.1 Å². The molecule has 0 saturated carbocycles. The van der Waals surface area contributed by atoms with Crippen molar-refractivity contribution in [2.24, 2.45) is 5.92 Å². The van der Waals surface area contributed by atoms with E-state index >= 15 is 0 Å². The molecule has 2 heterocycles. The zero-order valence-corrected chi connectivity index (χ0v) is 33.5. The maximum Gasteiger partial charge on any atom is 0.264 e. The summed E-state index contributed by atoms with van der Waals surface area (Å²) in [6.45, 7) is 23.6. The number of likely N-dealkylation sites (N-methyl/N-ethyl adjacent to an activating group) is 1. The summed E-state index contributed by atoms with van der Waals surface area (Å²) in [7, 11) is 5.48. The Bertz CT molecular complexity index is 1710. The van der Waals surface area contributed by atoms with Gasteiger partial charge < -0.3 is 14.4 Å². The van der Waals surface area contributed by atoms with Gasteiger partial charge in [-0.2, -0.15) is 0 Å². The van der Waals surface area contributed by atoms with E-state index in [1.54, 1.807) is 14.1 Å². The minimum atomic E-state index is -1.63. The van der Waals surface area contributed by atoms with E-state index in [4.69, 9.17) is 0 Å². The molecular weight excluding hydrogens is 651 g/mol. The zero-order chi connectivity index (χ0) is 37.2. The van der Waals surface area contributed by atoms with Gasteiger partial charge in [0.2, 0.25) is 0 Å². The lowest BCUT2D eigenvalue weighted by atomic mass is 9.85. The summed E-state index contributed by atoms with van der Waals surface area (Å²) in [4.78, 5) is 18.1. The number of hydrogen-bond donors (Lipinski definition) is 1. The monoisotopic (exact) mass is 713 g/mol. The third-order valence-corrected chi connectivity index (χ3v) is 11.7. The molecule has 3 aromatic rings. The molecule has 1 atom stereocenters. The van der Waals surface area contributed by atoms with Crippen LogP contribution in [0.3, 0.4) is 0 Å². The SMILES string of the molecule is C=C(/C(=C/C)Cn1c(-c2ccc(CC)cc2)c(C(CCCC)CCCC)c2ccc(C(=O)NS(=O)N(C)C)cc21)N(C)CC(=C)N1CC(CC)C1. The summed E-state index contributed by atoms with van der Waals surface area (Å²) >= 11 is -1.63. The van der Waals surface area contributed by atoms with Crippen LogP contribution in [0, 0.1) is 5.92 Å². The number of aromatic nitrogens is 1. The van der Waals surface area contributed by atoms with Gasteiger partial charge in [0.25, 0.3) is 5.91 Å². The minimum Gasteiger partial charge on any atom is -0.373 e. The second-order valence-electron chi connectivity index (χ2n) is 14.5. The average molecular weight is 714 g/mol. The third-order valence-electron chi connectivity index (χ3n) is 10.6. The average Bonchev–Trinajstić information content (AvgIpc) is 3.42. The molecule has 278 valence electrons. The molecule has 1 fully saturated rings. The van der Waals surface area contributed by atoms with Gasteiger partial charge in [-0.05, 0) is 78.8 Å². The maximum absolute atomic E-state index is 13.5. The van der Waals surface area contributed by atoms with E-state index in [9.17, 15) is 9.00 Å². The van der Waals surface area contributed by atoms with Crippen molar-refractivity contribution in [3.63, 3.8) is 0 Å². The number of aryl methyl sites for hydroxylation is 1. The first kappa shape index (κ1) is 40.2. The summed E-state index contributed by atoms with van der Waals surface area (Å²) < 4.78 is 19.2. The molecule has 0 radical (unpaired) electrons. The van der Waals surface area contributed by atoms with Crippen LogP contribution in [0.1, 0.15) is 107 Å². The molecule has 1 saturated heterocycles. The number of nitrogens with zero attached hydrogens (tertiary/aromatic N) is 4. The number of nitrogens with one attached hydrogen (secondary N) is 1. The summed E-state index contributed by atoms with van der Waals surface area (Å²) in [5, 5.41) is 1.18. The van der Waals surface area contributed by atoms with Gasteiger partial charge >= 0.3 is 0 Å². The number of benzene rings is 2. The Balaban J connectivity index is 1.88. The normalized spacial score (nSPS) is 14.3. The lowest BCUT2D eigenvalue weighted by Gasteiger charge is -2.43. The lowest BCUT2D eigenvalue weighted by molar-refractivity contribution is 0.0981. The number of fused-ring (bicyclic) bond motifs is 1. The highest BCUT2D eigenvalue weighted by Crippen LogP contribution is 2.43. The van der Waals surface area contributed by atoms with E-state index in [1.807, 2.05) is 12.1 Å². The Morgan fingerprint density at radius 2 is 1.65 bits per heavy atom. The van der Waals surface area contributed by atoms with Crippen LogP contribution in [-0.4, -0.2) is 69.6 Å². The first-order valence-corrected chi connectivity index (χ1v) is 20.2. The summed E-state index contributed by atoms with van der Waals surface area (Å²) in [6, 6.07) is 15.1. The van der Waals surface area contributed by atoms with Crippen molar-refractivity contribution in [3.8, 4) is 11.3 Å². The van der Waals surface area contributed by atoms with Crippen molar-refractivity contribution >= 4 is 28.0 Å². The number of unbranched alkanes of at least 4 members (excludes halogenated alkanes) is 2. The molecule has 1 aromatic heterocycles. The van der Waals surface area contributed by atoms with Crippen LogP contribution in [0.15, 0.2) is 78.7 Å². The van der Waals surface area contributed by atoms with Gasteiger partial charge in [-0.3, -0.25) is 9.52 Å². The molecule has 0 aliphatic carbocycles. The fourth-order valence-electron chi connectivity index (χ4n) is 7.19. The molecule has 0 bridgehead atoms. The summed E-state index contributed by atoms with van der Waals surface area (Å²) in [5.41, 5.74) is 9.78. The minimum absolute atomic E-state index is 0.356. The number of rotatable bonds is 20. The second-order valence-corrected chi connectivity index (χ2v) is 15.9. The second kappa shape index (κ2) is 18.7. The highest BCUT2D eigenvalue weighted by molar-refractivity contribution is 7.81. The first-order chi connectivity index (χ1) is 24.5. The van der Waals surface area contributed by atoms with Crippen molar-refractivity contribution in [3.05, 3.63) is 95.4 Å². The van der Waals surface area contributed by atoms with Crippen LogP contribution < -0.4 is 4.72 Å². The smallest absolute Gasteiger partial charge is 0.264 e. The van der Waals surface area contributed by atoms with Crippen molar-refractivity contribution in [1.29, 1.82) is 0 Å². The van der Waals surface area contributed by atoms with Crippen molar-refractivity contribution in [1.82, 2.24) is 23.4 Å². The molecule has 4 rings (SSSR count). The predicted molar refractivity (Wildman–Crippen MR) is 218 cm³/mol. The fourth-order valence-corrected chi connectivity index (χ4v) is 7.65. The molecule has 1 aliphatic heterocycles. The van der Waals surface area contributed by atoms with Gasteiger partial charge in [0.1, 0.15) is 0 Å². The number of amides is 1. The van der Waals surface area contributed by atoms with Crippen LogP contribution in [0.4, 0.5) is 0 Å². The summed E-state index contributed by atoms with van der Waals surface area (Å²) in [6.07, 6.45) is 11.2. The molecule has 1 amide bonds. The molecule has 0 spiro atoms. The number of hydrogen-bond acceptors (Lipinski definition) is 4. The Morgan fingerprint density at radius 3 is 2.20 bits per heavy atom. The fraction of sp³-hybridized carbons (Fsp3) is 0.512. The summed E-state index contributed by atoms with van der Waals surface area (Å²) in [5.74, 6) is 0.781. The van der Waals surface area contributed by atoms with Crippen molar-refractivity contribution < 1.29 is 9.00 Å². The lowest BCUT2D eigenvalue weighted by Crippen LogP contribution is -2.47. The Labute approximate surface area is 311 Å². The third kappa shape index (κ3) is 9.63. The predicted octanol–water partition coefficient (Wildman–Crippen LogP) is 9.45. The van der Waals surface area contributed by atoms with E-state index in [-0.39, 0.29) is 5.91 Å². The number of carbonyl (C=O) groups is 1. The van der Waals surface area contributed by atoms with Gasteiger partial charge in [-0.25, -0.2) is 8.51 Å². The van der Waals surface area contributed by atoms with E-state index in [2.05, 4.69) is 110 Å². The van der Waals surface area contributed by atoms with Gasteiger partial charge in [0, 0.05) is 68.6 Å². The van der Waals surface area contributed by atoms with Crippen LogP contribution in [0.25, 0.3) is 22.2 Å². The number of likely N-dealkylation sites (tertiary alicyclic amines) is 1. The Kier molecular flexibility index (Phi) is 14.8. The van der Waals surface area contributed by atoms with E-state index < -0.39 is 11.2 Å². The number of allylic oxidation sites excluding steroid dienone is 2. The topological polar surface area (TPSA) is 60.8 Å². The molecule has 8 heteroatoms. The Hall–Kier alpha value is -3.62. The van der Waals surface area contributed by atoms with E-state index in [0.717, 1.165) is 93.0 Å². The van der Waals surface area contributed by atoms with Crippen LogP contribution in [0.5, 0.6) is 0 Å². The Morgan fingerprint density at radius 1 is 1.00 bits per heavy atom. The highest BCUT2D eigenvalue weighted by atomic mass is 32.2. The molecule has 1 N–H and O–H groups in total. The largest absolute Gasteiger partial charge is 0.373 e. The number of carbonyl (C=O) groups excluding carboxylic acids is 1. The zero-order valence-electron chi connectivity index (χ0n) is 32.7. The van der Waals surface area contributed by atoms with E-state index in [1.165, 1.54) is 38.5 Å². The van der Waals surface area contributed by atoms with Gasteiger partial charge in [-0.15, -0.1) is 0 Å². The van der Waals surface area contributed by atoms with Crippen molar-refractivity contribution in [2.75, 3.05) is 40.8 Å². The molecule has 51 heavy (non-hydrogen) atoms. The highest BCUT2D eigenvalue weighted by Gasteiger charge is 2.28. The molecule has 1 unspecified atom stereocenters. The van der Waals surface area contributed by atoms with E-state index in [0.29, 0.717) is 18.0 Å². The van der Waals surface area contributed by atoms with Crippen LogP contribution >= 0.6 is 0 Å². The molecular formula is C43H63N5O2S. The quantitative estimate of drug-likeness (QED) is 0.119. The molecule has 7 nitrogen and oxygen atoms in total. The van der Waals surface area contributed by atoms with Gasteiger partial charge in [0.15, 0.2) is 11.2 Å². The van der Waals surface area contributed by atoms with Gasteiger partial charge in [-0.1, -0.05) is 103 Å². The maximum atomic E-state index is 13.5. The van der Waals surface area contributed by atoms with Crippen molar-refractivity contribution in [2.45, 2.75) is 98.4 Å². The van der Waals surface area contributed by atoms with Gasteiger partial charge in [0.05, 0.1) is 12.2 Å². The van der Waals surface area contributed by atoms with Crippen LogP contribution in [0.2, 0.25) is 0 Å². The standard InChI is InChI=1S/C43H63N5O2S/c1-11-16-18-36(19-17-12-2)41-39-25-24-38(43(49)44-51(50)45(8)9)26-40(39)48(42(41)37-22-20-33(13-3)21-23-37)30-35(15-5)32(7)46(10)27-31(6)47-28-34(14-4)29-47/h15,20-26,34,36H,6-7,11-14,16-19,27-30H2,1-5,8-10H3,(H,44,49)/b35-15+. The first-order valence-electron chi connectivity index (χ1n) is 19.1. The molecule has 1 aliphatic rings.